The molecule has 0 saturated carbocycles. The molecule has 0 bridgehead atoms. The van der Waals surface area contributed by atoms with E-state index in [-0.39, 0.29) is 18.9 Å². The van der Waals surface area contributed by atoms with E-state index >= 15 is 0 Å². The van der Waals surface area contributed by atoms with Crippen molar-refractivity contribution in [3.63, 3.8) is 0 Å². The summed E-state index contributed by atoms with van der Waals surface area (Å²) in [5, 5.41) is 120. The molecule has 3 aliphatic rings. The van der Waals surface area contributed by atoms with Crippen LogP contribution in [0.4, 0.5) is 0 Å². The third-order valence-corrected chi connectivity index (χ3v) is 15.0. The van der Waals surface area contributed by atoms with Gasteiger partial charge in [0.25, 0.3) is 0 Å². The van der Waals surface area contributed by atoms with Gasteiger partial charge in [-0.1, -0.05) is 173 Å². The second kappa shape index (κ2) is 41.3. The minimum atomic E-state index is -1.97. The van der Waals surface area contributed by atoms with Gasteiger partial charge in [-0.15, -0.1) is 0 Å². The van der Waals surface area contributed by atoms with Crippen molar-refractivity contribution in [3.8, 4) is 0 Å². The molecule has 0 aromatic rings. The molecule has 19 nitrogen and oxygen atoms in total. The van der Waals surface area contributed by atoms with Crippen LogP contribution in [0.1, 0.15) is 200 Å². The van der Waals surface area contributed by atoms with Gasteiger partial charge in [-0.2, -0.15) is 0 Å². The molecular weight excluding hydrogens is 987 g/mol. The Morgan fingerprint density at radius 1 is 0.474 bits per heavy atom. The molecule has 0 spiro atoms. The quantitative estimate of drug-likeness (QED) is 0.0289. The predicted octanol–water partition coefficient (Wildman–Crippen LogP) is 4.76. The van der Waals surface area contributed by atoms with Gasteiger partial charge in [0.1, 0.15) is 73.2 Å². The first-order valence-corrected chi connectivity index (χ1v) is 29.6. The lowest BCUT2D eigenvalue weighted by atomic mass is 9.96. The van der Waals surface area contributed by atoms with Gasteiger partial charge in [-0.25, -0.2) is 0 Å². The first-order chi connectivity index (χ1) is 36.8. The van der Waals surface area contributed by atoms with Gasteiger partial charge < -0.3 is 89.9 Å². The summed E-state index contributed by atoms with van der Waals surface area (Å²) in [6.45, 7) is 1.74. The smallest absolute Gasteiger partial charge is 0.220 e. The molecule has 3 saturated heterocycles. The molecule has 1 amide bonds. The number of allylic oxidation sites excluding steroid dienone is 4. The van der Waals surface area contributed by atoms with E-state index in [0.29, 0.717) is 12.8 Å². The number of carbonyl (C=O) groups excluding carboxylic acids is 1. The Bertz CT molecular complexity index is 1490. The van der Waals surface area contributed by atoms with Gasteiger partial charge in [0.15, 0.2) is 18.9 Å². The van der Waals surface area contributed by atoms with Crippen LogP contribution in [0.25, 0.3) is 0 Å². The van der Waals surface area contributed by atoms with Crippen molar-refractivity contribution in [2.24, 2.45) is 0 Å². The maximum atomic E-state index is 13.3. The van der Waals surface area contributed by atoms with E-state index in [4.69, 9.17) is 28.4 Å². The summed E-state index contributed by atoms with van der Waals surface area (Å²) in [6, 6.07) is -0.892. The number of ether oxygens (including phenoxy) is 6. The minimum Gasteiger partial charge on any atom is -0.394 e. The van der Waals surface area contributed by atoms with Crippen molar-refractivity contribution in [2.75, 3.05) is 26.4 Å². The maximum Gasteiger partial charge on any atom is 0.220 e. The fraction of sp³-hybridized carbons (Fsp3) is 0.912. The van der Waals surface area contributed by atoms with Crippen LogP contribution < -0.4 is 5.32 Å². The highest BCUT2D eigenvalue weighted by molar-refractivity contribution is 5.76. The summed E-state index contributed by atoms with van der Waals surface area (Å²) in [7, 11) is 0. The van der Waals surface area contributed by atoms with Crippen LogP contribution in [-0.4, -0.2) is 193 Å². The minimum absolute atomic E-state index is 0.251. The first kappa shape index (κ1) is 68.5. The molecule has 19 heteroatoms. The summed E-state index contributed by atoms with van der Waals surface area (Å²) in [5.74, 6) is -0.257. The number of carbonyl (C=O) groups is 1. The van der Waals surface area contributed by atoms with Gasteiger partial charge in [0.05, 0.1) is 38.6 Å². The molecular formula is C57H105NO18. The van der Waals surface area contributed by atoms with E-state index in [1.165, 1.54) is 96.3 Å². The Labute approximate surface area is 454 Å². The zero-order valence-electron chi connectivity index (χ0n) is 46.2. The van der Waals surface area contributed by atoms with Gasteiger partial charge in [0.2, 0.25) is 5.91 Å². The van der Waals surface area contributed by atoms with Crippen molar-refractivity contribution in [2.45, 2.75) is 304 Å². The van der Waals surface area contributed by atoms with E-state index in [1.807, 2.05) is 0 Å². The van der Waals surface area contributed by atoms with Crippen LogP contribution in [0.5, 0.6) is 0 Å². The Balaban J connectivity index is 1.51. The average Bonchev–Trinajstić information content (AvgIpc) is 3.41. The molecule has 0 aromatic carbocycles. The highest BCUT2D eigenvalue weighted by atomic mass is 16.8. The van der Waals surface area contributed by atoms with Crippen molar-refractivity contribution in [1.29, 1.82) is 0 Å². The molecule has 0 radical (unpaired) electrons. The molecule has 0 aromatic heterocycles. The number of unbranched alkanes of at least 4 members (excludes halogenated alkanes) is 23. The second-order valence-corrected chi connectivity index (χ2v) is 21.5. The molecule has 17 unspecified atom stereocenters. The highest BCUT2D eigenvalue weighted by Crippen LogP contribution is 2.33. The summed E-state index contributed by atoms with van der Waals surface area (Å²) in [6.07, 6.45) is 14.0. The van der Waals surface area contributed by atoms with Crippen molar-refractivity contribution in [1.82, 2.24) is 5.32 Å². The van der Waals surface area contributed by atoms with Gasteiger partial charge in [-0.3, -0.25) is 4.79 Å². The Morgan fingerprint density at radius 2 is 0.868 bits per heavy atom. The molecule has 17 atom stereocenters. The van der Waals surface area contributed by atoms with E-state index < -0.39 is 124 Å². The van der Waals surface area contributed by atoms with Crippen molar-refractivity contribution in [3.05, 3.63) is 24.3 Å². The fourth-order valence-corrected chi connectivity index (χ4v) is 10.1. The number of nitrogens with one attached hydrogen (secondary N) is 1. The summed E-state index contributed by atoms with van der Waals surface area (Å²) >= 11 is 0. The monoisotopic (exact) mass is 1090 g/mol. The van der Waals surface area contributed by atoms with Crippen LogP contribution in [0.3, 0.4) is 0 Å². The SMILES string of the molecule is CCCCC/C=C\C/C=C\CCCCCCCC(=O)NC(COC1OC(CO)C(OC2OC(CO)C(OC3OC(CO)C(O)C(O)C3O)C(O)C2O)C(O)C1O)C(O)CCCCCCCCCCCCCCCCCC. The first-order valence-electron chi connectivity index (χ1n) is 29.6. The highest BCUT2D eigenvalue weighted by Gasteiger charge is 2.53. The lowest BCUT2D eigenvalue weighted by Crippen LogP contribution is -2.66. The van der Waals surface area contributed by atoms with E-state index in [1.54, 1.807) is 0 Å². The molecule has 446 valence electrons. The largest absolute Gasteiger partial charge is 0.394 e. The molecule has 76 heavy (non-hydrogen) atoms. The normalized spacial score (nSPS) is 31.1. The Hall–Kier alpha value is -1.73. The lowest BCUT2D eigenvalue weighted by Gasteiger charge is -2.48. The summed E-state index contributed by atoms with van der Waals surface area (Å²) in [5.41, 5.74) is 0. The second-order valence-electron chi connectivity index (χ2n) is 21.5. The van der Waals surface area contributed by atoms with Crippen LogP contribution in [-0.2, 0) is 33.2 Å². The van der Waals surface area contributed by atoms with Crippen LogP contribution in [0.15, 0.2) is 24.3 Å². The van der Waals surface area contributed by atoms with Crippen LogP contribution in [0.2, 0.25) is 0 Å². The number of aliphatic hydroxyl groups excluding tert-OH is 11. The molecule has 3 heterocycles. The standard InChI is InChI=1S/C57H105NO18/c1-3-5-7-9-11-13-15-17-19-21-22-24-26-28-30-32-34-41(62)40(58-45(63)35-33-31-29-27-25-23-20-18-16-14-12-10-8-6-4-2)39-71-55-51(69)48(66)53(43(37-60)73-55)76-57-52(70)49(67)54(44(38-61)74-57)75-56-50(68)47(65)46(64)42(36-59)72-56/h12,14,18,20,40-44,46-57,59-62,64-70H,3-11,13,15-17,19,21-39H2,1-2H3,(H,58,63)/b14-12-,20-18-. The van der Waals surface area contributed by atoms with Crippen molar-refractivity contribution < 1.29 is 89.4 Å². The Morgan fingerprint density at radius 3 is 1.37 bits per heavy atom. The lowest BCUT2D eigenvalue weighted by molar-refractivity contribution is -0.379. The van der Waals surface area contributed by atoms with Gasteiger partial charge in [0, 0.05) is 6.42 Å². The van der Waals surface area contributed by atoms with Crippen LogP contribution in [0, 0.1) is 0 Å². The zero-order chi connectivity index (χ0) is 55.5. The third-order valence-electron chi connectivity index (χ3n) is 15.0. The van der Waals surface area contributed by atoms with Crippen LogP contribution >= 0.6 is 0 Å². The average molecular weight is 1090 g/mol. The van der Waals surface area contributed by atoms with Gasteiger partial charge >= 0.3 is 0 Å². The molecule has 3 aliphatic heterocycles. The topological polar surface area (TPSA) is 307 Å². The number of rotatable bonds is 43. The number of amides is 1. The predicted molar refractivity (Wildman–Crippen MR) is 286 cm³/mol. The Kier molecular flexibility index (Phi) is 37.2. The summed E-state index contributed by atoms with van der Waals surface area (Å²) in [4.78, 5) is 13.3. The van der Waals surface area contributed by atoms with Gasteiger partial charge in [-0.05, 0) is 44.9 Å². The van der Waals surface area contributed by atoms with E-state index in [9.17, 15) is 61.0 Å². The molecule has 3 fully saturated rings. The van der Waals surface area contributed by atoms with E-state index in [0.717, 1.165) is 70.6 Å². The van der Waals surface area contributed by atoms with Crippen molar-refractivity contribution >= 4 is 5.91 Å². The molecule has 3 rings (SSSR count). The molecule has 12 N–H and O–H groups in total. The third kappa shape index (κ3) is 25.4. The number of aliphatic hydroxyl groups is 11. The number of hydrogen-bond donors (Lipinski definition) is 12. The summed E-state index contributed by atoms with van der Waals surface area (Å²) < 4.78 is 34.3. The van der Waals surface area contributed by atoms with E-state index in [2.05, 4.69) is 43.5 Å². The maximum absolute atomic E-state index is 13.3. The zero-order valence-corrected chi connectivity index (χ0v) is 46.2. The fourth-order valence-electron chi connectivity index (χ4n) is 10.1. The number of hydrogen-bond acceptors (Lipinski definition) is 18. The molecule has 0 aliphatic carbocycles.